The van der Waals surface area contributed by atoms with Crippen LogP contribution in [0.3, 0.4) is 0 Å². The summed E-state index contributed by atoms with van der Waals surface area (Å²) >= 11 is 0. The van der Waals surface area contributed by atoms with Gasteiger partial charge in [0.2, 0.25) is 0 Å². The molecular formula is C14H21N3O2. The molecule has 0 amide bonds. The molecule has 5 heteroatoms. The molecule has 0 radical (unpaired) electrons. The number of nitrogens with zero attached hydrogens (tertiary/aromatic N) is 1. The summed E-state index contributed by atoms with van der Waals surface area (Å²) in [6.07, 6.45) is 1.11. The van der Waals surface area contributed by atoms with E-state index in [1.54, 1.807) is 12.1 Å². The average molecular weight is 263 g/mol. The van der Waals surface area contributed by atoms with Gasteiger partial charge in [-0.1, -0.05) is 26.0 Å². The van der Waals surface area contributed by atoms with Crippen molar-refractivity contribution in [2.75, 3.05) is 13.1 Å². The van der Waals surface area contributed by atoms with E-state index in [0.717, 1.165) is 31.6 Å². The van der Waals surface area contributed by atoms with Gasteiger partial charge in [-0.05, 0) is 23.9 Å². The third kappa shape index (κ3) is 3.52. The van der Waals surface area contributed by atoms with Crippen molar-refractivity contribution in [3.05, 3.63) is 39.9 Å². The van der Waals surface area contributed by atoms with Gasteiger partial charge < -0.3 is 10.6 Å². The second-order valence-corrected chi connectivity index (χ2v) is 5.81. The Balaban J connectivity index is 1.93. The largest absolute Gasteiger partial charge is 0.316 e. The van der Waals surface area contributed by atoms with Crippen LogP contribution in [0.2, 0.25) is 0 Å². The molecule has 2 N–H and O–H groups in total. The van der Waals surface area contributed by atoms with Crippen molar-refractivity contribution in [1.29, 1.82) is 0 Å². The lowest BCUT2D eigenvalue weighted by Crippen LogP contribution is -2.52. The first-order chi connectivity index (χ1) is 8.99. The number of piperidine rings is 1. The highest BCUT2D eigenvalue weighted by Crippen LogP contribution is 2.25. The third-order valence-electron chi connectivity index (χ3n) is 3.83. The Labute approximate surface area is 113 Å². The lowest BCUT2D eigenvalue weighted by Gasteiger charge is -2.39. The number of nitro benzene ring substituents is 1. The van der Waals surface area contributed by atoms with Crippen LogP contribution in [0.25, 0.3) is 0 Å². The van der Waals surface area contributed by atoms with E-state index in [4.69, 9.17) is 0 Å². The first-order valence-electron chi connectivity index (χ1n) is 6.66. The van der Waals surface area contributed by atoms with Gasteiger partial charge in [0.25, 0.3) is 5.69 Å². The molecular weight excluding hydrogens is 242 g/mol. The van der Waals surface area contributed by atoms with E-state index >= 15 is 0 Å². The lowest BCUT2D eigenvalue weighted by atomic mass is 9.80. The van der Waals surface area contributed by atoms with Crippen LogP contribution in [-0.4, -0.2) is 24.1 Å². The Morgan fingerprint density at radius 2 is 2.11 bits per heavy atom. The topological polar surface area (TPSA) is 67.2 Å². The van der Waals surface area contributed by atoms with Crippen molar-refractivity contribution in [2.24, 2.45) is 5.41 Å². The van der Waals surface area contributed by atoms with Crippen molar-refractivity contribution in [1.82, 2.24) is 10.6 Å². The zero-order valence-corrected chi connectivity index (χ0v) is 11.5. The molecule has 1 atom stereocenters. The van der Waals surface area contributed by atoms with Gasteiger partial charge in [-0.3, -0.25) is 10.1 Å². The van der Waals surface area contributed by atoms with Crippen molar-refractivity contribution >= 4 is 5.69 Å². The van der Waals surface area contributed by atoms with E-state index in [9.17, 15) is 10.1 Å². The van der Waals surface area contributed by atoms with Crippen LogP contribution in [0.15, 0.2) is 24.3 Å². The van der Waals surface area contributed by atoms with E-state index in [-0.39, 0.29) is 16.0 Å². The molecule has 1 aromatic carbocycles. The maximum absolute atomic E-state index is 10.6. The van der Waals surface area contributed by atoms with Gasteiger partial charge in [0, 0.05) is 31.3 Å². The highest BCUT2D eigenvalue weighted by Gasteiger charge is 2.31. The van der Waals surface area contributed by atoms with Gasteiger partial charge in [-0.15, -0.1) is 0 Å². The number of rotatable bonds is 4. The lowest BCUT2D eigenvalue weighted by molar-refractivity contribution is -0.384. The molecule has 1 heterocycles. The Morgan fingerprint density at radius 1 is 1.42 bits per heavy atom. The van der Waals surface area contributed by atoms with Crippen LogP contribution in [-0.2, 0) is 6.54 Å². The van der Waals surface area contributed by atoms with E-state index in [1.165, 1.54) is 0 Å². The zero-order valence-electron chi connectivity index (χ0n) is 11.5. The van der Waals surface area contributed by atoms with Crippen molar-refractivity contribution in [3.63, 3.8) is 0 Å². The molecule has 0 aromatic heterocycles. The predicted molar refractivity (Wildman–Crippen MR) is 75.0 cm³/mol. The highest BCUT2D eigenvalue weighted by atomic mass is 16.6. The van der Waals surface area contributed by atoms with E-state index in [0.29, 0.717) is 6.04 Å². The summed E-state index contributed by atoms with van der Waals surface area (Å²) in [4.78, 5) is 10.2. The Bertz CT molecular complexity index is 443. The van der Waals surface area contributed by atoms with Crippen molar-refractivity contribution in [3.8, 4) is 0 Å². The average Bonchev–Trinajstić information content (AvgIpc) is 2.37. The van der Waals surface area contributed by atoms with Gasteiger partial charge in [0.05, 0.1) is 4.92 Å². The first kappa shape index (κ1) is 14.0. The van der Waals surface area contributed by atoms with Crippen LogP contribution in [0.5, 0.6) is 0 Å². The predicted octanol–water partition coefficient (Wildman–Crippen LogP) is 2.07. The maximum atomic E-state index is 10.6. The Kier molecular flexibility index (Phi) is 4.17. The smallest absolute Gasteiger partial charge is 0.269 e. The molecule has 1 aliphatic heterocycles. The summed E-state index contributed by atoms with van der Waals surface area (Å²) < 4.78 is 0. The van der Waals surface area contributed by atoms with Gasteiger partial charge in [0.15, 0.2) is 0 Å². The summed E-state index contributed by atoms with van der Waals surface area (Å²) in [6.45, 7) is 7.33. The minimum absolute atomic E-state index is 0.144. The molecule has 0 bridgehead atoms. The fourth-order valence-electron chi connectivity index (χ4n) is 2.53. The number of hydrogen-bond donors (Lipinski definition) is 2. The fraction of sp³-hybridized carbons (Fsp3) is 0.571. The second-order valence-electron chi connectivity index (χ2n) is 5.81. The van der Waals surface area contributed by atoms with Crippen LogP contribution < -0.4 is 10.6 Å². The molecule has 1 saturated heterocycles. The van der Waals surface area contributed by atoms with E-state index < -0.39 is 0 Å². The van der Waals surface area contributed by atoms with Crippen molar-refractivity contribution < 1.29 is 4.92 Å². The summed E-state index contributed by atoms with van der Waals surface area (Å²) in [5.41, 5.74) is 1.46. The standard InChI is InChI=1S/C14H21N3O2/c1-14(2)10-15-8-7-13(14)16-9-11-3-5-12(6-4-11)17(18)19/h3-6,13,15-16H,7-10H2,1-2H3. The number of hydrogen-bond acceptors (Lipinski definition) is 4. The number of benzene rings is 1. The molecule has 5 nitrogen and oxygen atoms in total. The monoisotopic (exact) mass is 263 g/mol. The molecule has 0 spiro atoms. The maximum Gasteiger partial charge on any atom is 0.269 e. The summed E-state index contributed by atoms with van der Waals surface area (Å²) in [6, 6.07) is 7.23. The molecule has 1 fully saturated rings. The zero-order chi connectivity index (χ0) is 13.9. The van der Waals surface area contributed by atoms with Gasteiger partial charge >= 0.3 is 0 Å². The SMILES string of the molecule is CC1(C)CNCCC1NCc1ccc([N+](=O)[O-])cc1. The van der Waals surface area contributed by atoms with Crippen molar-refractivity contribution in [2.45, 2.75) is 32.9 Å². The number of non-ortho nitro benzene ring substituents is 1. The second kappa shape index (κ2) is 5.67. The fourth-order valence-corrected chi connectivity index (χ4v) is 2.53. The molecule has 0 saturated carbocycles. The number of nitro groups is 1. The third-order valence-corrected chi connectivity index (χ3v) is 3.83. The van der Waals surface area contributed by atoms with Crippen LogP contribution >= 0.6 is 0 Å². The highest BCUT2D eigenvalue weighted by molar-refractivity contribution is 5.32. The minimum Gasteiger partial charge on any atom is -0.316 e. The Hall–Kier alpha value is -1.46. The van der Waals surface area contributed by atoms with Crippen LogP contribution in [0.1, 0.15) is 25.8 Å². The van der Waals surface area contributed by atoms with Gasteiger partial charge in [0.1, 0.15) is 0 Å². The molecule has 1 aliphatic rings. The summed E-state index contributed by atoms with van der Waals surface area (Å²) in [7, 11) is 0. The molecule has 0 aliphatic carbocycles. The first-order valence-corrected chi connectivity index (χ1v) is 6.66. The number of nitrogens with one attached hydrogen (secondary N) is 2. The normalized spacial score (nSPS) is 22.1. The van der Waals surface area contributed by atoms with Gasteiger partial charge in [-0.25, -0.2) is 0 Å². The minimum atomic E-state index is -0.368. The summed E-state index contributed by atoms with van der Waals surface area (Å²) in [5.74, 6) is 0. The Morgan fingerprint density at radius 3 is 2.68 bits per heavy atom. The molecule has 1 unspecified atom stereocenters. The van der Waals surface area contributed by atoms with Crippen LogP contribution in [0, 0.1) is 15.5 Å². The molecule has 104 valence electrons. The molecule has 2 rings (SSSR count). The molecule has 1 aromatic rings. The quantitative estimate of drug-likeness (QED) is 0.644. The molecule has 19 heavy (non-hydrogen) atoms. The van der Waals surface area contributed by atoms with E-state index in [2.05, 4.69) is 24.5 Å². The summed E-state index contributed by atoms with van der Waals surface area (Å²) in [5, 5.41) is 17.6. The van der Waals surface area contributed by atoms with E-state index in [1.807, 2.05) is 12.1 Å². The van der Waals surface area contributed by atoms with Crippen LogP contribution in [0.4, 0.5) is 5.69 Å². The van der Waals surface area contributed by atoms with Gasteiger partial charge in [-0.2, -0.15) is 0 Å².